The molecular weight excluding hydrogens is 302 g/mol. The number of pyridine rings is 1. The van der Waals surface area contributed by atoms with E-state index in [4.69, 9.17) is 9.84 Å². The van der Waals surface area contributed by atoms with Crippen LogP contribution < -0.4 is 10.3 Å². The van der Waals surface area contributed by atoms with Gasteiger partial charge in [0, 0.05) is 30.6 Å². The number of aryl methyl sites for hydroxylation is 1. The Labute approximate surface area is 133 Å². The summed E-state index contributed by atoms with van der Waals surface area (Å²) >= 11 is 0. The predicted molar refractivity (Wildman–Crippen MR) is 81.4 cm³/mol. The molecule has 0 aliphatic heterocycles. The Morgan fingerprint density at radius 3 is 2.87 bits per heavy atom. The van der Waals surface area contributed by atoms with E-state index in [9.17, 15) is 20.1 Å². The molecule has 1 aromatic rings. The molecule has 7 heteroatoms. The van der Waals surface area contributed by atoms with Crippen LogP contribution in [0.2, 0.25) is 0 Å². The van der Waals surface area contributed by atoms with Gasteiger partial charge in [0.15, 0.2) is 5.88 Å². The smallest absolute Gasteiger partial charge is 0.250 e. The van der Waals surface area contributed by atoms with Crippen molar-refractivity contribution in [1.82, 2.24) is 4.98 Å². The van der Waals surface area contributed by atoms with Crippen molar-refractivity contribution < 1.29 is 25.2 Å². The summed E-state index contributed by atoms with van der Waals surface area (Å²) in [5.41, 5.74) is 0.247. The van der Waals surface area contributed by atoms with Gasteiger partial charge < -0.3 is 25.2 Å². The fraction of sp³-hybridized carbons (Fsp3) is 0.688. The van der Waals surface area contributed by atoms with Gasteiger partial charge in [-0.1, -0.05) is 0 Å². The zero-order valence-corrected chi connectivity index (χ0v) is 12.9. The highest BCUT2D eigenvalue weighted by molar-refractivity contribution is 5.36. The van der Waals surface area contributed by atoms with E-state index in [0.29, 0.717) is 5.88 Å². The molecule has 1 heterocycles. The van der Waals surface area contributed by atoms with Crippen molar-refractivity contribution in [1.29, 1.82) is 0 Å². The molecule has 128 valence electrons. The van der Waals surface area contributed by atoms with Crippen LogP contribution in [0.15, 0.2) is 10.9 Å². The maximum absolute atomic E-state index is 11.7. The Hall–Kier alpha value is -1.41. The first-order valence-electron chi connectivity index (χ1n) is 8.04. The van der Waals surface area contributed by atoms with Gasteiger partial charge in [0.2, 0.25) is 0 Å². The number of aliphatic hydroxyl groups is 4. The van der Waals surface area contributed by atoms with Gasteiger partial charge in [-0.3, -0.25) is 9.78 Å². The number of aromatic amines is 1. The van der Waals surface area contributed by atoms with Crippen LogP contribution in [0.1, 0.15) is 30.4 Å². The Bertz CT molecular complexity index is 629. The van der Waals surface area contributed by atoms with Crippen LogP contribution in [0.3, 0.4) is 0 Å². The van der Waals surface area contributed by atoms with Crippen LogP contribution in [-0.2, 0) is 12.8 Å². The molecule has 0 spiro atoms. The van der Waals surface area contributed by atoms with Gasteiger partial charge in [-0.2, -0.15) is 0 Å². The first kappa shape index (κ1) is 16.4. The van der Waals surface area contributed by atoms with E-state index in [1.807, 2.05) is 0 Å². The lowest BCUT2D eigenvalue weighted by Gasteiger charge is -2.20. The van der Waals surface area contributed by atoms with Crippen LogP contribution >= 0.6 is 0 Å². The third kappa shape index (κ3) is 3.01. The molecule has 7 nitrogen and oxygen atoms in total. The number of ether oxygens (including phenoxy) is 1. The Morgan fingerprint density at radius 1 is 1.39 bits per heavy atom. The van der Waals surface area contributed by atoms with Crippen molar-refractivity contribution in [3.8, 4) is 5.88 Å². The van der Waals surface area contributed by atoms with Gasteiger partial charge in [0.25, 0.3) is 5.56 Å². The second kappa shape index (κ2) is 6.24. The molecular formula is C16H23NO6. The molecule has 2 aliphatic carbocycles. The quantitative estimate of drug-likeness (QED) is 0.462. The minimum Gasteiger partial charge on any atom is -0.476 e. The van der Waals surface area contributed by atoms with Crippen LogP contribution in [0, 0.1) is 5.92 Å². The summed E-state index contributed by atoms with van der Waals surface area (Å²) in [7, 11) is 0. The first-order chi connectivity index (χ1) is 11.0. The summed E-state index contributed by atoms with van der Waals surface area (Å²) in [5, 5.41) is 38.9. The maximum atomic E-state index is 11.7. The van der Waals surface area contributed by atoms with Crippen molar-refractivity contribution in [2.45, 2.75) is 49.9 Å². The number of rotatable bonds is 6. The number of aliphatic hydroxyl groups excluding tert-OH is 3. The fourth-order valence-corrected chi connectivity index (χ4v) is 3.60. The van der Waals surface area contributed by atoms with Gasteiger partial charge >= 0.3 is 0 Å². The van der Waals surface area contributed by atoms with E-state index in [1.54, 1.807) is 6.07 Å². The monoisotopic (exact) mass is 325 g/mol. The summed E-state index contributed by atoms with van der Waals surface area (Å²) in [5.74, 6) is -0.381. The van der Waals surface area contributed by atoms with E-state index >= 15 is 0 Å². The van der Waals surface area contributed by atoms with Crippen LogP contribution in [0.4, 0.5) is 0 Å². The van der Waals surface area contributed by atoms with Gasteiger partial charge in [0.05, 0.1) is 12.2 Å². The highest BCUT2D eigenvalue weighted by Crippen LogP contribution is 2.48. The van der Waals surface area contributed by atoms with Crippen molar-refractivity contribution in [2.24, 2.45) is 5.92 Å². The Kier molecular flexibility index (Phi) is 4.46. The minimum absolute atomic E-state index is 0.00740. The molecule has 4 unspecified atom stereocenters. The van der Waals surface area contributed by atoms with Crippen LogP contribution in [-0.4, -0.2) is 56.4 Å². The molecule has 23 heavy (non-hydrogen) atoms. The zero-order chi connectivity index (χ0) is 16.6. The number of nitrogens with one attached hydrogen (secondary N) is 1. The van der Waals surface area contributed by atoms with Crippen molar-refractivity contribution >= 4 is 0 Å². The molecule has 0 saturated heterocycles. The van der Waals surface area contributed by atoms with Gasteiger partial charge in [-0.25, -0.2) is 0 Å². The SMILES string of the molecule is O=c1cc2c(c(OCC(O)C3C(O)C3(O)CCO)[nH]1)CCCC2. The molecule has 0 amide bonds. The fourth-order valence-electron chi connectivity index (χ4n) is 3.60. The molecule has 2 aliphatic rings. The van der Waals surface area contributed by atoms with Crippen molar-refractivity contribution in [3.63, 3.8) is 0 Å². The molecule has 5 N–H and O–H groups in total. The van der Waals surface area contributed by atoms with Gasteiger partial charge in [-0.05, 0) is 31.2 Å². The normalized spacial score (nSPS) is 30.6. The van der Waals surface area contributed by atoms with E-state index in [2.05, 4.69) is 4.98 Å². The van der Waals surface area contributed by atoms with E-state index in [-0.39, 0.29) is 25.2 Å². The summed E-state index contributed by atoms with van der Waals surface area (Å²) in [6.07, 6.45) is 1.58. The third-order valence-electron chi connectivity index (χ3n) is 4.97. The second-order valence-electron chi connectivity index (χ2n) is 6.49. The first-order valence-corrected chi connectivity index (χ1v) is 8.04. The Morgan fingerprint density at radius 2 is 2.13 bits per heavy atom. The lowest BCUT2D eigenvalue weighted by Crippen LogP contribution is -2.27. The molecule has 1 fully saturated rings. The molecule has 3 rings (SSSR count). The molecule has 1 saturated carbocycles. The highest BCUT2D eigenvalue weighted by atomic mass is 16.5. The topological polar surface area (TPSA) is 123 Å². The van der Waals surface area contributed by atoms with Crippen molar-refractivity contribution in [3.05, 3.63) is 27.5 Å². The third-order valence-corrected chi connectivity index (χ3v) is 4.97. The zero-order valence-electron chi connectivity index (χ0n) is 12.9. The summed E-state index contributed by atoms with van der Waals surface area (Å²) in [4.78, 5) is 14.3. The largest absolute Gasteiger partial charge is 0.476 e. The molecule has 4 atom stereocenters. The predicted octanol–water partition coefficient (Wildman–Crippen LogP) is -0.902. The van der Waals surface area contributed by atoms with E-state index in [0.717, 1.165) is 36.8 Å². The number of hydrogen-bond acceptors (Lipinski definition) is 6. The Balaban J connectivity index is 1.67. The number of hydrogen-bond donors (Lipinski definition) is 5. The van der Waals surface area contributed by atoms with E-state index < -0.39 is 23.7 Å². The second-order valence-corrected chi connectivity index (χ2v) is 6.49. The molecule has 0 bridgehead atoms. The number of aromatic nitrogens is 1. The summed E-state index contributed by atoms with van der Waals surface area (Å²) in [6.45, 7) is -0.404. The van der Waals surface area contributed by atoms with E-state index in [1.165, 1.54) is 0 Å². The number of fused-ring (bicyclic) bond motifs is 1. The van der Waals surface area contributed by atoms with Gasteiger partial charge in [0.1, 0.15) is 12.2 Å². The van der Waals surface area contributed by atoms with Crippen molar-refractivity contribution in [2.75, 3.05) is 13.2 Å². The standard InChI is InChI=1S/C16H23NO6/c18-6-5-16(22)13(14(16)21)11(19)8-23-15-10-4-2-1-3-9(10)7-12(20)17-15/h7,11,13-14,18-19,21-22H,1-6,8H2,(H,17,20). The lowest BCUT2D eigenvalue weighted by molar-refractivity contribution is 0.0276. The lowest BCUT2D eigenvalue weighted by atomic mass is 9.93. The van der Waals surface area contributed by atoms with Crippen LogP contribution in [0.25, 0.3) is 0 Å². The van der Waals surface area contributed by atoms with Crippen LogP contribution in [0.5, 0.6) is 5.88 Å². The minimum atomic E-state index is -1.46. The number of H-pyrrole nitrogens is 1. The average Bonchev–Trinajstić information content (AvgIpc) is 3.05. The highest BCUT2D eigenvalue weighted by Gasteiger charge is 2.66. The molecule has 0 aromatic carbocycles. The molecule has 0 radical (unpaired) electrons. The molecule has 1 aromatic heterocycles. The maximum Gasteiger partial charge on any atom is 0.250 e. The average molecular weight is 325 g/mol. The summed E-state index contributed by atoms with van der Waals surface area (Å²) < 4.78 is 5.58. The van der Waals surface area contributed by atoms with Gasteiger partial charge in [-0.15, -0.1) is 0 Å². The summed E-state index contributed by atoms with van der Waals surface area (Å²) in [6, 6.07) is 1.59.